The van der Waals surface area contributed by atoms with Gasteiger partial charge in [-0.3, -0.25) is 14.6 Å². The van der Waals surface area contributed by atoms with Crippen molar-refractivity contribution in [3.8, 4) is 11.1 Å². The number of amides is 2. The first kappa shape index (κ1) is 24.3. The van der Waals surface area contributed by atoms with E-state index < -0.39 is 6.04 Å². The second-order valence-electron chi connectivity index (χ2n) is 9.60. The van der Waals surface area contributed by atoms with E-state index in [4.69, 9.17) is 0 Å². The highest BCUT2D eigenvalue weighted by Gasteiger charge is 2.39. The zero-order valence-corrected chi connectivity index (χ0v) is 20.1. The van der Waals surface area contributed by atoms with Crippen molar-refractivity contribution in [1.29, 1.82) is 0 Å². The van der Waals surface area contributed by atoms with E-state index >= 15 is 0 Å². The summed E-state index contributed by atoms with van der Waals surface area (Å²) in [5.74, 6) is -0.233. The lowest BCUT2D eigenvalue weighted by atomic mass is 9.83. The standard InChI is InChI=1S/C27H35FN4O2/c1-18(29-2)26(33)31-25(20-7-4-3-5-8-20)27(34)32-14-6-9-24(32)22-15-21(16-30-17-22)19-10-12-23(28)13-11-19/h10-13,15-18,20,24-25,29H,3-9,14H2,1-2H3,(H,31,33). The van der Waals surface area contributed by atoms with Crippen molar-refractivity contribution in [1.82, 2.24) is 20.5 Å². The van der Waals surface area contributed by atoms with Crippen molar-refractivity contribution in [2.24, 2.45) is 5.92 Å². The number of halogens is 1. The molecular formula is C27H35FN4O2. The molecule has 1 saturated carbocycles. The topological polar surface area (TPSA) is 74.3 Å². The Labute approximate surface area is 201 Å². The van der Waals surface area contributed by atoms with Gasteiger partial charge >= 0.3 is 0 Å². The molecule has 1 aromatic heterocycles. The number of nitrogens with zero attached hydrogens (tertiary/aromatic N) is 2. The van der Waals surface area contributed by atoms with Crippen LogP contribution in [0.15, 0.2) is 42.7 Å². The highest BCUT2D eigenvalue weighted by atomic mass is 19.1. The van der Waals surface area contributed by atoms with Gasteiger partial charge in [-0.25, -0.2) is 4.39 Å². The molecule has 1 aromatic carbocycles. The number of likely N-dealkylation sites (N-methyl/N-ethyl adjacent to an activating group) is 1. The third-order valence-electron chi connectivity index (χ3n) is 7.37. The number of carbonyl (C=O) groups excluding carboxylic acids is 2. The summed E-state index contributed by atoms with van der Waals surface area (Å²) in [4.78, 5) is 33.0. The van der Waals surface area contributed by atoms with Gasteiger partial charge in [-0.2, -0.15) is 0 Å². The second-order valence-corrected chi connectivity index (χ2v) is 9.60. The normalized spacial score (nSPS) is 20.7. The van der Waals surface area contributed by atoms with Crippen LogP contribution in [0, 0.1) is 11.7 Å². The maximum absolute atomic E-state index is 13.9. The number of rotatable bonds is 7. The molecule has 2 aliphatic rings. The first-order valence-electron chi connectivity index (χ1n) is 12.5. The third kappa shape index (κ3) is 5.46. The van der Waals surface area contributed by atoms with Crippen LogP contribution in [0.5, 0.6) is 0 Å². The molecule has 0 radical (unpaired) electrons. The first-order chi connectivity index (χ1) is 16.5. The fourth-order valence-corrected chi connectivity index (χ4v) is 5.25. The van der Waals surface area contributed by atoms with E-state index in [0.29, 0.717) is 6.54 Å². The molecule has 182 valence electrons. The summed E-state index contributed by atoms with van der Waals surface area (Å²) in [7, 11) is 1.75. The minimum Gasteiger partial charge on any atom is -0.343 e. The van der Waals surface area contributed by atoms with Crippen LogP contribution in [0.25, 0.3) is 11.1 Å². The van der Waals surface area contributed by atoms with Gasteiger partial charge in [-0.05, 0) is 74.9 Å². The molecule has 1 saturated heterocycles. The molecule has 2 fully saturated rings. The summed E-state index contributed by atoms with van der Waals surface area (Å²) in [5, 5.41) is 6.06. The predicted octanol–water partition coefficient (Wildman–Crippen LogP) is 4.22. The highest BCUT2D eigenvalue weighted by Crippen LogP contribution is 2.36. The summed E-state index contributed by atoms with van der Waals surface area (Å²) in [6.45, 7) is 2.48. The molecule has 2 amide bonds. The Bertz CT molecular complexity index is 990. The molecule has 3 unspecified atom stereocenters. The zero-order valence-electron chi connectivity index (χ0n) is 20.1. The first-order valence-corrected chi connectivity index (χ1v) is 12.5. The van der Waals surface area contributed by atoms with E-state index in [-0.39, 0.29) is 35.6 Å². The Morgan fingerprint density at radius 3 is 2.47 bits per heavy atom. The molecule has 0 spiro atoms. The number of benzene rings is 1. The summed E-state index contributed by atoms with van der Waals surface area (Å²) in [6, 6.07) is 7.48. The van der Waals surface area contributed by atoms with Gasteiger partial charge in [-0.1, -0.05) is 31.4 Å². The Morgan fingerprint density at radius 1 is 1.03 bits per heavy atom. The highest BCUT2D eigenvalue weighted by molar-refractivity contribution is 5.90. The number of hydrogen-bond acceptors (Lipinski definition) is 4. The molecule has 34 heavy (non-hydrogen) atoms. The Morgan fingerprint density at radius 2 is 1.76 bits per heavy atom. The quantitative estimate of drug-likeness (QED) is 0.641. The molecule has 7 heteroatoms. The van der Waals surface area contributed by atoms with Gasteiger partial charge in [0.2, 0.25) is 11.8 Å². The van der Waals surface area contributed by atoms with Crippen LogP contribution in [0.3, 0.4) is 0 Å². The minimum atomic E-state index is -0.502. The smallest absolute Gasteiger partial charge is 0.245 e. The van der Waals surface area contributed by atoms with E-state index in [2.05, 4.69) is 15.6 Å². The van der Waals surface area contributed by atoms with Crippen LogP contribution in [0.2, 0.25) is 0 Å². The molecule has 2 heterocycles. The van der Waals surface area contributed by atoms with Crippen LogP contribution >= 0.6 is 0 Å². The Kier molecular flexibility index (Phi) is 7.93. The fraction of sp³-hybridized carbons (Fsp3) is 0.519. The van der Waals surface area contributed by atoms with Crippen molar-refractivity contribution in [3.05, 3.63) is 54.1 Å². The Hall–Kier alpha value is -2.80. The molecular weight excluding hydrogens is 431 g/mol. The lowest BCUT2D eigenvalue weighted by Gasteiger charge is -2.35. The second kappa shape index (κ2) is 11.1. The van der Waals surface area contributed by atoms with Crippen LogP contribution in [0.1, 0.15) is 63.5 Å². The molecule has 4 rings (SSSR count). The van der Waals surface area contributed by atoms with Crippen molar-refractivity contribution in [2.45, 2.75) is 70.0 Å². The summed E-state index contributed by atoms with van der Waals surface area (Å²) in [6.07, 6.45) is 10.7. The zero-order chi connectivity index (χ0) is 24.1. The van der Waals surface area contributed by atoms with Crippen LogP contribution < -0.4 is 10.6 Å². The van der Waals surface area contributed by atoms with Gasteiger partial charge < -0.3 is 15.5 Å². The monoisotopic (exact) mass is 466 g/mol. The third-order valence-corrected chi connectivity index (χ3v) is 7.37. The van der Waals surface area contributed by atoms with Gasteiger partial charge in [-0.15, -0.1) is 0 Å². The summed E-state index contributed by atoms with van der Waals surface area (Å²) in [5.41, 5.74) is 2.77. The molecule has 1 aliphatic heterocycles. The Balaban J connectivity index is 1.57. The van der Waals surface area contributed by atoms with Crippen molar-refractivity contribution >= 4 is 11.8 Å². The lowest BCUT2D eigenvalue weighted by molar-refractivity contribution is -0.139. The molecule has 3 atom stereocenters. The van der Waals surface area contributed by atoms with E-state index in [1.807, 2.05) is 24.1 Å². The molecule has 0 bridgehead atoms. The summed E-state index contributed by atoms with van der Waals surface area (Å²) < 4.78 is 13.4. The van der Waals surface area contributed by atoms with Crippen molar-refractivity contribution in [3.63, 3.8) is 0 Å². The van der Waals surface area contributed by atoms with Gasteiger partial charge in [0.25, 0.3) is 0 Å². The van der Waals surface area contributed by atoms with E-state index in [1.54, 1.807) is 25.4 Å². The van der Waals surface area contributed by atoms with Gasteiger partial charge in [0.1, 0.15) is 11.9 Å². The van der Waals surface area contributed by atoms with Crippen molar-refractivity contribution in [2.75, 3.05) is 13.6 Å². The number of carbonyl (C=O) groups is 2. The van der Waals surface area contributed by atoms with Gasteiger partial charge in [0.05, 0.1) is 12.1 Å². The average Bonchev–Trinajstić information content (AvgIpc) is 3.37. The van der Waals surface area contributed by atoms with Crippen molar-refractivity contribution < 1.29 is 14.0 Å². The molecule has 1 aliphatic carbocycles. The minimum absolute atomic E-state index is 0.0123. The largest absolute Gasteiger partial charge is 0.343 e. The molecule has 2 N–H and O–H groups in total. The maximum atomic E-state index is 13.9. The van der Waals surface area contributed by atoms with Crippen LogP contribution in [-0.2, 0) is 9.59 Å². The molecule has 6 nitrogen and oxygen atoms in total. The van der Waals surface area contributed by atoms with Crippen LogP contribution in [-0.4, -0.2) is 47.4 Å². The molecule has 2 aromatic rings. The lowest BCUT2D eigenvalue weighted by Crippen LogP contribution is -2.55. The van der Waals surface area contributed by atoms with E-state index in [9.17, 15) is 14.0 Å². The average molecular weight is 467 g/mol. The number of pyridine rings is 1. The van der Waals surface area contributed by atoms with E-state index in [0.717, 1.165) is 55.2 Å². The van der Waals surface area contributed by atoms with Gasteiger partial charge in [0.15, 0.2) is 0 Å². The number of likely N-dealkylation sites (tertiary alicyclic amines) is 1. The fourth-order valence-electron chi connectivity index (χ4n) is 5.25. The van der Waals surface area contributed by atoms with Crippen LogP contribution in [0.4, 0.5) is 4.39 Å². The maximum Gasteiger partial charge on any atom is 0.245 e. The number of aromatic nitrogens is 1. The predicted molar refractivity (Wildman–Crippen MR) is 130 cm³/mol. The number of nitrogens with one attached hydrogen (secondary N) is 2. The number of hydrogen-bond donors (Lipinski definition) is 2. The van der Waals surface area contributed by atoms with E-state index in [1.165, 1.54) is 18.6 Å². The SMILES string of the molecule is CNC(C)C(=O)NC(C(=O)N1CCCC1c1cncc(-c2ccc(F)cc2)c1)C1CCCCC1. The summed E-state index contributed by atoms with van der Waals surface area (Å²) >= 11 is 0. The van der Waals surface area contributed by atoms with Gasteiger partial charge in [0, 0.05) is 24.5 Å².